The summed E-state index contributed by atoms with van der Waals surface area (Å²) in [5.74, 6) is 1.47. The maximum absolute atomic E-state index is 6.02. The second-order valence-electron chi connectivity index (χ2n) is 6.56. The summed E-state index contributed by atoms with van der Waals surface area (Å²) in [4.78, 5) is 9.03. The van der Waals surface area contributed by atoms with Crippen molar-refractivity contribution in [3.05, 3.63) is 18.1 Å². The molecule has 0 aromatic carbocycles. The lowest BCUT2D eigenvalue weighted by molar-refractivity contribution is 0.00578. The van der Waals surface area contributed by atoms with E-state index >= 15 is 0 Å². The number of nitrogens with zero attached hydrogens (tertiary/aromatic N) is 2. The predicted octanol–water partition coefficient (Wildman–Crippen LogP) is 2.04. The summed E-state index contributed by atoms with van der Waals surface area (Å²) in [6.07, 6.45) is 5.51. The van der Waals surface area contributed by atoms with Gasteiger partial charge in [-0.25, -0.2) is 9.97 Å². The first kappa shape index (κ1) is 13.1. The molecule has 4 nitrogen and oxygen atoms in total. The molecule has 2 heterocycles. The van der Waals surface area contributed by atoms with Crippen molar-refractivity contribution in [2.45, 2.75) is 64.1 Å². The quantitative estimate of drug-likeness (QED) is 0.763. The van der Waals surface area contributed by atoms with Crippen molar-refractivity contribution in [3.8, 4) is 0 Å². The smallest absolute Gasteiger partial charge is 0.398 e. The fourth-order valence-corrected chi connectivity index (χ4v) is 2.35. The summed E-state index contributed by atoms with van der Waals surface area (Å²) in [5, 5.41) is 0. The normalized spacial score (nSPS) is 25.4. The summed E-state index contributed by atoms with van der Waals surface area (Å²) >= 11 is 0. The minimum absolute atomic E-state index is 0.320. The third kappa shape index (κ3) is 2.19. The van der Waals surface area contributed by atoms with Gasteiger partial charge in [0.25, 0.3) is 0 Å². The number of rotatable bonds is 2. The molecule has 0 unspecified atom stereocenters. The highest BCUT2D eigenvalue weighted by molar-refractivity contribution is 6.61. The second-order valence-corrected chi connectivity index (χ2v) is 6.56. The second kappa shape index (κ2) is 4.28. The lowest BCUT2D eigenvalue weighted by Crippen LogP contribution is -2.41. The van der Waals surface area contributed by atoms with E-state index < -0.39 is 0 Å². The summed E-state index contributed by atoms with van der Waals surface area (Å²) in [6.45, 7) is 8.23. The van der Waals surface area contributed by atoms with Crippen molar-refractivity contribution in [1.82, 2.24) is 9.97 Å². The fourth-order valence-electron chi connectivity index (χ4n) is 2.35. The Morgan fingerprint density at radius 2 is 1.79 bits per heavy atom. The van der Waals surface area contributed by atoms with Crippen LogP contribution in [0.25, 0.3) is 0 Å². The van der Waals surface area contributed by atoms with E-state index in [1.165, 1.54) is 19.3 Å². The molecule has 19 heavy (non-hydrogen) atoms. The molecule has 0 bridgehead atoms. The topological polar surface area (TPSA) is 44.2 Å². The van der Waals surface area contributed by atoms with Gasteiger partial charge in [0.1, 0.15) is 5.82 Å². The highest BCUT2D eigenvalue weighted by Gasteiger charge is 2.52. The molecule has 1 saturated heterocycles. The molecule has 0 radical (unpaired) electrons. The molecule has 1 aliphatic carbocycles. The Balaban J connectivity index is 1.83. The van der Waals surface area contributed by atoms with Crippen LogP contribution in [0.4, 0.5) is 0 Å². The van der Waals surface area contributed by atoms with Gasteiger partial charge in [0.05, 0.1) is 16.8 Å². The Morgan fingerprint density at radius 1 is 1.16 bits per heavy atom. The number of aromatic nitrogens is 2. The maximum Gasteiger partial charge on any atom is 0.514 e. The molecule has 0 N–H and O–H groups in total. The van der Waals surface area contributed by atoms with Crippen molar-refractivity contribution in [2.75, 3.05) is 0 Å². The molecule has 0 spiro atoms. The van der Waals surface area contributed by atoms with Gasteiger partial charge in [-0.1, -0.05) is 6.42 Å². The van der Waals surface area contributed by atoms with Crippen molar-refractivity contribution in [1.29, 1.82) is 0 Å². The average Bonchev–Trinajstić information content (AvgIpc) is 2.46. The zero-order chi connectivity index (χ0) is 13.7. The van der Waals surface area contributed by atoms with Crippen LogP contribution < -0.4 is 5.59 Å². The van der Waals surface area contributed by atoms with E-state index in [1.54, 1.807) is 0 Å². The first-order valence-electron chi connectivity index (χ1n) is 7.07. The largest absolute Gasteiger partial charge is 0.514 e. The van der Waals surface area contributed by atoms with Crippen LogP contribution in [0.1, 0.15) is 58.7 Å². The van der Waals surface area contributed by atoms with Crippen molar-refractivity contribution in [2.24, 2.45) is 0 Å². The molecule has 2 fully saturated rings. The van der Waals surface area contributed by atoms with E-state index in [-0.39, 0.29) is 18.3 Å². The third-order valence-corrected chi connectivity index (χ3v) is 4.66. The summed E-state index contributed by atoms with van der Waals surface area (Å²) in [7, 11) is -0.383. The van der Waals surface area contributed by atoms with E-state index in [0.717, 1.165) is 11.4 Å². The highest BCUT2D eigenvalue weighted by Crippen LogP contribution is 2.37. The lowest BCUT2D eigenvalue weighted by atomic mass is 9.82. The van der Waals surface area contributed by atoms with E-state index in [0.29, 0.717) is 5.92 Å². The Labute approximate surface area is 115 Å². The molecule has 1 aromatic heterocycles. The summed E-state index contributed by atoms with van der Waals surface area (Å²) < 4.78 is 12.0. The van der Waals surface area contributed by atoms with Crippen LogP contribution in [0.5, 0.6) is 0 Å². The molecule has 1 aliphatic heterocycles. The van der Waals surface area contributed by atoms with Crippen molar-refractivity contribution in [3.63, 3.8) is 0 Å². The molecule has 0 atom stereocenters. The van der Waals surface area contributed by atoms with Crippen LogP contribution in [0, 0.1) is 0 Å². The fraction of sp³-hybridized carbons (Fsp3) is 0.714. The minimum atomic E-state index is -0.383. The van der Waals surface area contributed by atoms with E-state index in [9.17, 15) is 0 Å². The van der Waals surface area contributed by atoms with E-state index in [4.69, 9.17) is 9.31 Å². The summed E-state index contributed by atoms with van der Waals surface area (Å²) in [6, 6.07) is 1.89. The van der Waals surface area contributed by atoms with E-state index in [1.807, 2.05) is 12.3 Å². The summed E-state index contributed by atoms with van der Waals surface area (Å²) in [5.41, 5.74) is 0.203. The predicted molar refractivity (Wildman–Crippen MR) is 74.3 cm³/mol. The van der Waals surface area contributed by atoms with Crippen LogP contribution in [0.15, 0.2) is 12.3 Å². The Morgan fingerprint density at radius 3 is 2.32 bits per heavy atom. The monoisotopic (exact) mass is 260 g/mol. The maximum atomic E-state index is 6.02. The van der Waals surface area contributed by atoms with Gasteiger partial charge in [0, 0.05) is 12.1 Å². The molecule has 3 rings (SSSR count). The van der Waals surface area contributed by atoms with Crippen LogP contribution in [-0.4, -0.2) is 28.3 Å². The lowest BCUT2D eigenvalue weighted by Gasteiger charge is -2.32. The van der Waals surface area contributed by atoms with Gasteiger partial charge in [0.15, 0.2) is 0 Å². The SMILES string of the molecule is CC1(C)OB(c2ccnc(C3CCC3)n2)OC1(C)C. The number of hydrogen-bond donors (Lipinski definition) is 0. The van der Waals surface area contributed by atoms with Crippen LogP contribution in [0.2, 0.25) is 0 Å². The van der Waals surface area contributed by atoms with Gasteiger partial charge in [-0.2, -0.15) is 0 Å². The third-order valence-electron chi connectivity index (χ3n) is 4.66. The first-order chi connectivity index (χ1) is 8.89. The zero-order valence-electron chi connectivity index (χ0n) is 12.1. The van der Waals surface area contributed by atoms with Gasteiger partial charge in [-0.3, -0.25) is 0 Å². The molecule has 102 valence electrons. The van der Waals surface area contributed by atoms with Crippen molar-refractivity contribution < 1.29 is 9.31 Å². The molecular weight excluding hydrogens is 239 g/mol. The van der Waals surface area contributed by atoms with Gasteiger partial charge < -0.3 is 9.31 Å². The van der Waals surface area contributed by atoms with Gasteiger partial charge in [0.2, 0.25) is 0 Å². The average molecular weight is 260 g/mol. The Kier molecular flexibility index (Phi) is 2.95. The van der Waals surface area contributed by atoms with E-state index in [2.05, 4.69) is 37.7 Å². The standard InChI is InChI=1S/C14H21BN2O2/c1-13(2)14(3,4)19-15(18-13)11-8-9-16-12(17-11)10-6-5-7-10/h8-10H,5-7H2,1-4H3. The molecular formula is C14H21BN2O2. The number of hydrogen-bond acceptors (Lipinski definition) is 4. The minimum Gasteiger partial charge on any atom is -0.398 e. The Bertz CT molecular complexity index is 470. The van der Waals surface area contributed by atoms with Crippen LogP contribution in [0.3, 0.4) is 0 Å². The van der Waals surface area contributed by atoms with Crippen LogP contribution >= 0.6 is 0 Å². The van der Waals surface area contributed by atoms with Gasteiger partial charge in [-0.05, 0) is 46.6 Å². The van der Waals surface area contributed by atoms with Crippen LogP contribution in [-0.2, 0) is 9.31 Å². The molecule has 5 heteroatoms. The molecule has 2 aliphatic rings. The van der Waals surface area contributed by atoms with Crippen molar-refractivity contribution >= 4 is 12.7 Å². The molecule has 0 amide bonds. The Hall–Kier alpha value is -0.935. The zero-order valence-corrected chi connectivity index (χ0v) is 12.1. The molecule has 1 saturated carbocycles. The first-order valence-corrected chi connectivity index (χ1v) is 7.07. The molecule has 1 aromatic rings. The van der Waals surface area contributed by atoms with Gasteiger partial charge in [-0.15, -0.1) is 0 Å². The highest BCUT2D eigenvalue weighted by atomic mass is 16.7. The van der Waals surface area contributed by atoms with Gasteiger partial charge >= 0.3 is 7.12 Å².